The van der Waals surface area contributed by atoms with E-state index >= 15 is 0 Å². The molecule has 1 amide bonds. The molecule has 1 aliphatic heterocycles. The van der Waals surface area contributed by atoms with Gasteiger partial charge in [0.2, 0.25) is 5.91 Å². The van der Waals surface area contributed by atoms with Gasteiger partial charge >= 0.3 is 0 Å². The molecule has 1 heterocycles. The van der Waals surface area contributed by atoms with Gasteiger partial charge in [0.25, 0.3) is 0 Å². The summed E-state index contributed by atoms with van der Waals surface area (Å²) in [6.07, 6.45) is 1.31. The van der Waals surface area contributed by atoms with Crippen molar-refractivity contribution >= 4 is 11.6 Å². The topological polar surface area (TPSA) is 41.6 Å². The molecule has 1 aromatic carbocycles. The molecule has 0 bridgehead atoms. The summed E-state index contributed by atoms with van der Waals surface area (Å²) >= 11 is 0. The first-order valence-corrected chi connectivity index (χ1v) is 6.32. The van der Waals surface area contributed by atoms with Crippen LogP contribution in [-0.4, -0.2) is 32.7 Å². The molecule has 1 N–H and O–H groups in total. The van der Waals surface area contributed by atoms with Crippen molar-refractivity contribution < 1.29 is 9.53 Å². The summed E-state index contributed by atoms with van der Waals surface area (Å²) in [6, 6.07) is 6.07. The van der Waals surface area contributed by atoms with Gasteiger partial charge in [0, 0.05) is 7.05 Å². The Kier molecular flexibility index (Phi) is 3.87. The number of nitrogens with zero attached hydrogens (tertiary/aromatic N) is 1. The molecular formula is C14H20N2O2. The first-order chi connectivity index (χ1) is 8.61. The number of nitrogens with one attached hydrogen (secondary N) is 1. The van der Waals surface area contributed by atoms with Gasteiger partial charge in [0.15, 0.2) is 0 Å². The lowest BCUT2D eigenvalue weighted by molar-refractivity contribution is -0.119. The van der Waals surface area contributed by atoms with E-state index in [0.717, 1.165) is 24.4 Å². The smallest absolute Gasteiger partial charge is 0.230 e. The van der Waals surface area contributed by atoms with Gasteiger partial charge in [-0.15, -0.1) is 0 Å². The number of ether oxygens (including phenoxy) is 1. The number of fused-ring (bicyclic) bond motifs is 1. The predicted molar refractivity (Wildman–Crippen MR) is 72.2 cm³/mol. The van der Waals surface area contributed by atoms with E-state index in [0.29, 0.717) is 6.42 Å². The number of likely N-dealkylation sites (N-methyl/N-ethyl adjacent to an activating group) is 1. The maximum Gasteiger partial charge on any atom is 0.230 e. The number of rotatable bonds is 3. The van der Waals surface area contributed by atoms with Gasteiger partial charge in [-0.2, -0.15) is 0 Å². The second-order valence-electron chi connectivity index (χ2n) is 4.74. The van der Waals surface area contributed by atoms with Crippen molar-refractivity contribution in [3.63, 3.8) is 0 Å². The van der Waals surface area contributed by atoms with Crippen LogP contribution in [0.2, 0.25) is 0 Å². The first-order valence-electron chi connectivity index (χ1n) is 6.32. The molecule has 0 fully saturated rings. The van der Waals surface area contributed by atoms with E-state index in [1.54, 1.807) is 4.90 Å². The van der Waals surface area contributed by atoms with E-state index in [1.807, 2.05) is 33.2 Å². The van der Waals surface area contributed by atoms with Gasteiger partial charge < -0.3 is 15.0 Å². The molecule has 0 aliphatic carbocycles. The second kappa shape index (κ2) is 5.40. The molecule has 0 radical (unpaired) electrons. The Morgan fingerprint density at radius 1 is 1.50 bits per heavy atom. The Morgan fingerprint density at radius 3 is 3.00 bits per heavy atom. The summed E-state index contributed by atoms with van der Waals surface area (Å²) in [6.45, 7) is 2.85. The summed E-state index contributed by atoms with van der Waals surface area (Å²) in [5, 5.41) is 3.12. The van der Waals surface area contributed by atoms with Crippen molar-refractivity contribution in [1.82, 2.24) is 5.32 Å². The third-order valence-electron chi connectivity index (χ3n) is 3.21. The molecule has 1 unspecified atom stereocenters. The summed E-state index contributed by atoms with van der Waals surface area (Å²) < 4.78 is 5.78. The Morgan fingerprint density at radius 2 is 2.28 bits per heavy atom. The molecule has 1 aliphatic rings. The minimum absolute atomic E-state index is 0.0654. The Hall–Kier alpha value is -1.55. The molecule has 0 saturated heterocycles. The molecule has 2 rings (SSSR count). The number of anilines is 1. The number of benzene rings is 1. The highest BCUT2D eigenvalue weighted by molar-refractivity contribution is 5.95. The fourth-order valence-corrected chi connectivity index (χ4v) is 2.13. The van der Waals surface area contributed by atoms with Crippen LogP contribution in [0.15, 0.2) is 18.2 Å². The third-order valence-corrected chi connectivity index (χ3v) is 3.21. The van der Waals surface area contributed by atoms with Crippen molar-refractivity contribution in [2.45, 2.75) is 25.9 Å². The molecule has 4 heteroatoms. The zero-order chi connectivity index (χ0) is 13.1. The van der Waals surface area contributed by atoms with Gasteiger partial charge in [0.1, 0.15) is 11.9 Å². The van der Waals surface area contributed by atoms with E-state index in [2.05, 4.69) is 11.4 Å². The Bertz CT molecular complexity index is 445. The predicted octanol–water partition coefficient (Wildman–Crippen LogP) is 1.58. The van der Waals surface area contributed by atoms with E-state index < -0.39 is 0 Å². The summed E-state index contributed by atoms with van der Waals surface area (Å²) in [5.41, 5.74) is 2.08. The monoisotopic (exact) mass is 248 g/mol. The average molecular weight is 248 g/mol. The Labute approximate surface area is 108 Å². The molecular weight excluding hydrogens is 228 g/mol. The van der Waals surface area contributed by atoms with Crippen LogP contribution in [0.3, 0.4) is 0 Å². The average Bonchev–Trinajstić information content (AvgIpc) is 2.45. The molecule has 0 spiro atoms. The largest absolute Gasteiger partial charge is 0.488 e. The van der Waals surface area contributed by atoms with Crippen LogP contribution < -0.4 is 15.0 Å². The SMILES string of the molecule is CNCCc1ccc2c(c1)N(C)C(=O)CC(C)O2. The van der Waals surface area contributed by atoms with Gasteiger partial charge in [-0.1, -0.05) is 6.07 Å². The van der Waals surface area contributed by atoms with Crippen molar-refractivity contribution in [1.29, 1.82) is 0 Å². The van der Waals surface area contributed by atoms with Crippen LogP contribution in [0.1, 0.15) is 18.9 Å². The quantitative estimate of drug-likeness (QED) is 0.883. The number of carbonyl (C=O) groups excluding carboxylic acids is 1. The third kappa shape index (κ3) is 2.64. The molecule has 1 atom stereocenters. The van der Waals surface area contributed by atoms with Crippen molar-refractivity contribution in [2.75, 3.05) is 25.5 Å². The fourth-order valence-electron chi connectivity index (χ4n) is 2.13. The molecule has 98 valence electrons. The zero-order valence-corrected chi connectivity index (χ0v) is 11.2. The maximum atomic E-state index is 11.9. The minimum Gasteiger partial charge on any atom is -0.488 e. The molecule has 0 aromatic heterocycles. The highest BCUT2D eigenvalue weighted by Crippen LogP contribution is 2.33. The van der Waals surface area contributed by atoms with Crippen molar-refractivity contribution in [3.05, 3.63) is 23.8 Å². The summed E-state index contributed by atoms with van der Waals surface area (Å²) in [5.74, 6) is 0.899. The first kappa shape index (κ1) is 12.9. The number of hydrogen-bond donors (Lipinski definition) is 1. The van der Waals surface area contributed by atoms with E-state index in [4.69, 9.17) is 4.74 Å². The number of carbonyl (C=O) groups is 1. The molecule has 0 saturated carbocycles. The van der Waals surface area contributed by atoms with Crippen LogP contribution in [-0.2, 0) is 11.2 Å². The minimum atomic E-state index is -0.0654. The zero-order valence-electron chi connectivity index (χ0n) is 11.2. The van der Waals surface area contributed by atoms with Crippen LogP contribution in [0.4, 0.5) is 5.69 Å². The van der Waals surface area contributed by atoms with Gasteiger partial charge in [-0.3, -0.25) is 4.79 Å². The van der Waals surface area contributed by atoms with Crippen LogP contribution in [0.5, 0.6) is 5.75 Å². The van der Waals surface area contributed by atoms with Crippen LogP contribution in [0, 0.1) is 0 Å². The normalized spacial score (nSPS) is 19.2. The number of hydrogen-bond acceptors (Lipinski definition) is 3. The fraction of sp³-hybridized carbons (Fsp3) is 0.500. The molecule has 1 aromatic rings. The second-order valence-corrected chi connectivity index (χ2v) is 4.74. The van der Waals surface area contributed by atoms with Gasteiger partial charge in [-0.25, -0.2) is 0 Å². The highest BCUT2D eigenvalue weighted by atomic mass is 16.5. The highest BCUT2D eigenvalue weighted by Gasteiger charge is 2.24. The molecule has 4 nitrogen and oxygen atoms in total. The Balaban J connectivity index is 2.31. The molecule has 18 heavy (non-hydrogen) atoms. The summed E-state index contributed by atoms with van der Waals surface area (Å²) in [4.78, 5) is 13.6. The van der Waals surface area contributed by atoms with Gasteiger partial charge in [0.05, 0.1) is 12.1 Å². The van der Waals surface area contributed by atoms with E-state index in [-0.39, 0.29) is 12.0 Å². The summed E-state index contributed by atoms with van der Waals surface area (Å²) in [7, 11) is 3.74. The number of amides is 1. The van der Waals surface area contributed by atoms with E-state index in [9.17, 15) is 4.79 Å². The van der Waals surface area contributed by atoms with E-state index in [1.165, 1.54) is 5.56 Å². The van der Waals surface area contributed by atoms with Gasteiger partial charge in [-0.05, 0) is 44.6 Å². The standard InChI is InChI=1S/C14H20N2O2/c1-10-8-14(17)16(3)12-9-11(6-7-15-2)4-5-13(12)18-10/h4-5,9-10,15H,6-8H2,1-3H3. The van der Waals surface area contributed by atoms with Crippen LogP contribution >= 0.6 is 0 Å². The van der Waals surface area contributed by atoms with Crippen molar-refractivity contribution in [3.8, 4) is 5.75 Å². The van der Waals surface area contributed by atoms with Crippen LogP contribution in [0.25, 0.3) is 0 Å². The maximum absolute atomic E-state index is 11.9. The lowest BCUT2D eigenvalue weighted by atomic mass is 10.1. The van der Waals surface area contributed by atoms with Crippen molar-refractivity contribution in [2.24, 2.45) is 0 Å². The lowest BCUT2D eigenvalue weighted by Gasteiger charge is -2.17. The lowest BCUT2D eigenvalue weighted by Crippen LogP contribution is -2.27.